The molecule has 31 heavy (non-hydrogen) atoms. The zero-order valence-electron chi connectivity index (χ0n) is 17.3. The number of ether oxygens (including phenoxy) is 1. The van der Waals surface area contributed by atoms with Crippen molar-refractivity contribution in [1.29, 1.82) is 0 Å². The molecular formula is C22H23ClN4O3S. The first kappa shape index (κ1) is 22.8. The minimum atomic E-state index is -0.0615. The molecule has 0 aliphatic carbocycles. The Morgan fingerprint density at radius 2 is 1.81 bits per heavy atom. The van der Waals surface area contributed by atoms with Crippen LogP contribution in [0.4, 0.5) is 0 Å². The molecule has 162 valence electrons. The van der Waals surface area contributed by atoms with Crippen molar-refractivity contribution < 1.29 is 14.3 Å². The van der Waals surface area contributed by atoms with Crippen molar-refractivity contribution in [2.75, 3.05) is 19.4 Å². The number of aryl methyl sites for hydroxylation is 1. The van der Waals surface area contributed by atoms with Gasteiger partial charge in [-0.1, -0.05) is 23.4 Å². The number of nitrogens with zero attached hydrogens (tertiary/aromatic N) is 3. The molecule has 0 saturated carbocycles. The molecule has 1 heterocycles. The van der Waals surface area contributed by atoms with Gasteiger partial charge in [-0.05, 0) is 55.0 Å². The van der Waals surface area contributed by atoms with Crippen molar-refractivity contribution >= 4 is 35.1 Å². The standard InChI is InChI=1S/C22H23ClN4O3S/c1-15(28)24-13-3-4-21-25-26-22(27(21)18-9-11-19(30-2)12-10-18)31-14-20(29)16-5-7-17(23)8-6-16/h5-12H,3-4,13-14H2,1-2H3,(H,24,28). The molecule has 0 atom stereocenters. The summed E-state index contributed by atoms with van der Waals surface area (Å²) >= 11 is 7.23. The van der Waals surface area contributed by atoms with Gasteiger partial charge in [-0.25, -0.2) is 0 Å². The lowest BCUT2D eigenvalue weighted by molar-refractivity contribution is -0.118. The third kappa shape index (κ3) is 6.32. The zero-order chi connectivity index (χ0) is 22.2. The highest BCUT2D eigenvalue weighted by atomic mass is 35.5. The molecule has 1 amide bonds. The van der Waals surface area contributed by atoms with Gasteiger partial charge >= 0.3 is 0 Å². The van der Waals surface area contributed by atoms with Gasteiger partial charge in [0, 0.05) is 36.2 Å². The Kier molecular flexibility index (Phi) is 8.08. The van der Waals surface area contributed by atoms with Crippen molar-refractivity contribution in [1.82, 2.24) is 20.1 Å². The number of benzene rings is 2. The van der Waals surface area contributed by atoms with Crippen LogP contribution in [0, 0.1) is 0 Å². The first-order chi connectivity index (χ1) is 15.0. The van der Waals surface area contributed by atoms with Crippen molar-refractivity contribution in [2.45, 2.75) is 24.9 Å². The quantitative estimate of drug-likeness (QED) is 0.281. The Hall–Kier alpha value is -2.84. The molecule has 0 bridgehead atoms. The van der Waals surface area contributed by atoms with Crippen molar-refractivity contribution in [3.8, 4) is 11.4 Å². The van der Waals surface area contributed by atoms with Crippen LogP contribution in [0.2, 0.25) is 5.02 Å². The van der Waals surface area contributed by atoms with Crippen LogP contribution in [0.1, 0.15) is 29.5 Å². The van der Waals surface area contributed by atoms with E-state index in [1.807, 2.05) is 28.8 Å². The van der Waals surface area contributed by atoms with Crippen LogP contribution >= 0.6 is 23.4 Å². The third-order valence-corrected chi connectivity index (χ3v) is 5.66. The maximum Gasteiger partial charge on any atom is 0.216 e. The van der Waals surface area contributed by atoms with E-state index in [0.29, 0.717) is 28.7 Å². The molecule has 3 aromatic rings. The molecule has 2 aromatic carbocycles. The Labute approximate surface area is 190 Å². The highest BCUT2D eigenvalue weighted by Gasteiger charge is 2.16. The van der Waals surface area contributed by atoms with E-state index < -0.39 is 0 Å². The van der Waals surface area contributed by atoms with Crippen LogP contribution in [0.25, 0.3) is 5.69 Å². The first-order valence-corrected chi connectivity index (χ1v) is 11.1. The van der Waals surface area contributed by atoms with Gasteiger partial charge in [0.25, 0.3) is 0 Å². The molecule has 0 unspecified atom stereocenters. The summed E-state index contributed by atoms with van der Waals surface area (Å²) in [6.45, 7) is 2.05. The van der Waals surface area contributed by atoms with Crippen LogP contribution in [0.5, 0.6) is 5.75 Å². The number of hydrogen-bond donors (Lipinski definition) is 1. The van der Waals surface area contributed by atoms with Gasteiger partial charge < -0.3 is 10.1 Å². The summed E-state index contributed by atoms with van der Waals surface area (Å²) in [5.74, 6) is 1.65. The molecule has 0 aliphatic rings. The second-order valence-corrected chi connectivity index (χ2v) is 8.12. The minimum Gasteiger partial charge on any atom is -0.497 e. The number of Topliss-reactive ketones (excluding diaryl/α,β-unsaturated/α-hetero) is 1. The number of amides is 1. The average Bonchev–Trinajstić information content (AvgIpc) is 3.18. The summed E-state index contributed by atoms with van der Waals surface area (Å²) in [5.41, 5.74) is 1.48. The van der Waals surface area contributed by atoms with Crippen molar-refractivity contribution in [2.24, 2.45) is 0 Å². The van der Waals surface area contributed by atoms with Gasteiger partial charge in [-0.2, -0.15) is 0 Å². The van der Waals surface area contributed by atoms with Crippen LogP contribution < -0.4 is 10.1 Å². The predicted octanol–water partition coefficient (Wildman–Crippen LogP) is 3.97. The third-order valence-electron chi connectivity index (χ3n) is 4.48. The lowest BCUT2D eigenvalue weighted by Gasteiger charge is -2.11. The average molecular weight is 459 g/mol. The van der Waals surface area contributed by atoms with E-state index >= 15 is 0 Å². The van der Waals surface area contributed by atoms with Gasteiger partial charge in [0.1, 0.15) is 11.6 Å². The van der Waals surface area contributed by atoms with E-state index in [1.54, 1.807) is 31.4 Å². The van der Waals surface area contributed by atoms with Gasteiger partial charge in [-0.15, -0.1) is 10.2 Å². The van der Waals surface area contributed by atoms with Crippen molar-refractivity contribution in [3.63, 3.8) is 0 Å². The summed E-state index contributed by atoms with van der Waals surface area (Å²) in [4.78, 5) is 23.7. The van der Waals surface area contributed by atoms with E-state index in [2.05, 4.69) is 15.5 Å². The topological polar surface area (TPSA) is 86.1 Å². The summed E-state index contributed by atoms with van der Waals surface area (Å²) in [6, 6.07) is 14.4. The Morgan fingerprint density at radius 3 is 2.45 bits per heavy atom. The predicted molar refractivity (Wildman–Crippen MR) is 121 cm³/mol. The normalized spacial score (nSPS) is 10.7. The second kappa shape index (κ2) is 11.0. The van der Waals surface area contributed by atoms with Crippen molar-refractivity contribution in [3.05, 3.63) is 64.9 Å². The Balaban J connectivity index is 1.78. The number of nitrogens with one attached hydrogen (secondary N) is 1. The number of carbonyl (C=O) groups is 2. The number of hydrogen-bond acceptors (Lipinski definition) is 6. The Morgan fingerprint density at radius 1 is 1.10 bits per heavy atom. The molecule has 1 N–H and O–H groups in total. The first-order valence-electron chi connectivity index (χ1n) is 9.72. The monoisotopic (exact) mass is 458 g/mol. The maximum absolute atomic E-state index is 12.6. The van der Waals surface area contributed by atoms with Gasteiger partial charge in [-0.3, -0.25) is 14.2 Å². The maximum atomic E-state index is 12.6. The van der Waals surface area contributed by atoms with E-state index in [0.717, 1.165) is 23.7 Å². The van der Waals surface area contributed by atoms with Crippen LogP contribution in [0.15, 0.2) is 53.7 Å². The largest absolute Gasteiger partial charge is 0.497 e. The van der Waals surface area contributed by atoms with Crippen LogP contribution in [0.3, 0.4) is 0 Å². The molecule has 7 nitrogen and oxygen atoms in total. The highest BCUT2D eigenvalue weighted by Crippen LogP contribution is 2.25. The lowest BCUT2D eigenvalue weighted by Crippen LogP contribution is -2.21. The Bertz CT molecular complexity index is 1040. The molecule has 0 aliphatic heterocycles. The zero-order valence-corrected chi connectivity index (χ0v) is 18.9. The van der Waals surface area contributed by atoms with E-state index in [1.165, 1.54) is 18.7 Å². The van der Waals surface area contributed by atoms with E-state index in [9.17, 15) is 9.59 Å². The summed E-state index contributed by atoms with van der Waals surface area (Å²) in [6.07, 6.45) is 1.35. The van der Waals surface area contributed by atoms with Gasteiger partial charge in [0.2, 0.25) is 5.91 Å². The SMILES string of the molecule is COc1ccc(-n2c(CCCNC(C)=O)nnc2SCC(=O)c2ccc(Cl)cc2)cc1. The number of halogens is 1. The molecule has 0 saturated heterocycles. The fourth-order valence-electron chi connectivity index (χ4n) is 2.91. The van der Waals surface area contributed by atoms with Gasteiger partial charge in [0.15, 0.2) is 10.9 Å². The van der Waals surface area contributed by atoms with Crippen LogP contribution in [-0.2, 0) is 11.2 Å². The second-order valence-electron chi connectivity index (χ2n) is 6.74. The summed E-state index contributed by atoms with van der Waals surface area (Å²) in [7, 11) is 1.62. The smallest absolute Gasteiger partial charge is 0.216 e. The summed E-state index contributed by atoms with van der Waals surface area (Å²) in [5, 5.41) is 12.7. The minimum absolute atomic E-state index is 0.0156. The molecule has 0 fully saturated rings. The van der Waals surface area contributed by atoms with Gasteiger partial charge in [0.05, 0.1) is 12.9 Å². The van der Waals surface area contributed by atoms with E-state index in [-0.39, 0.29) is 17.4 Å². The molecular weight excluding hydrogens is 436 g/mol. The summed E-state index contributed by atoms with van der Waals surface area (Å²) < 4.78 is 7.18. The molecule has 1 aromatic heterocycles. The van der Waals surface area contributed by atoms with Crippen LogP contribution in [-0.4, -0.2) is 45.9 Å². The molecule has 0 radical (unpaired) electrons. The van der Waals surface area contributed by atoms with E-state index in [4.69, 9.17) is 16.3 Å². The fourth-order valence-corrected chi connectivity index (χ4v) is 3.90. The number of aromatic nitrogens is 3. The number of carbonyl (C=O) groups excluding carboxylic acids is 2. The number of thioether (sulfide) groups is 1. The molecule has 0 spiro atoms. The molecule has 3 rings (SSSR count). The fraction of sp³-hybridized carbons (Fsp3) is 0.273. The number of rotatable bonds is 10. The molecule has 9 heteroatoms. The number of methoxy groups -OCH3 is 1. The lowest BCUT2D eigenvalue weighted by atomic mass is 10.1. The highest BCUT2D eigenvalue weighted by molar-refractivity contribution is 7.99. The number of ketones is 1.